The second-order valence-corrected chi connectivity index (χ2v) is 6.80. The van der Waals surface area contributed by atoms with Crippen LogP contribution in [0.1, 0.15) is 17.9 Å². The maximum atomic E-state index is 12.2. The molecule has 1 atom stereocenters. The number of hydrogen-bond acceptors (Lipinski definition) is 3. The summed E-state index contributed by atoms with van der Waals surface area (Å²) in [4.78, 5) is 21.9. The van der Waals surface area contributed by atoms with Gasteiger partial charge in [0.05, 0.1) is 0 Å². The highest BCUT2D eigenvalue weighted by Crippen LogP contribution is 2.20. The normalized spacial score (nSPS) is 17.3. The maximum absolute atomic E-state index is 12.2. The highest BCUT2D eigenvalue weighted by molar-refractivity contribution is 5.81. The van der Waals surface area contributed by atoms with Crippen LogP contribution in [0.3, 0.4) is 0 Å². The Morgan fingerprint density at radius 3 is 3.17 bits per heavy atom. The van der Waals surface area contributed by atoms with Gasteiger partial charge in [0, 0.05) is 49.5 Å². The lowest BCUT2D eigenvalue weighted by Gasteiger charge is -2.27. The van der Waals surface area contributed by atoms with Crippen molar-refractivity contribution in [3.8, 4) is 0 Å². The van der Waals surface area contributed by atoms with E-state index in [9.17, 15) is 4.79 Å². The van der Waals surface area contributed by atoms with Crippen molar-refractivity contribution in [2.45, 2.75) is 25.9 Å². The van der Waals surface area contributed by atoms with Crippen LogP contribution in [-0.2, 0) is 19.5 Å². The van der Waals surface area contributed by atoms with Crippen molar-refractivity contribution in [1.82, 2.24) is 19.4 Å². The number of imidazole rings is 1. The van der Waals surface area contributed by atoms with Crippen molar-refractivity contribution < 1.29 is 0 Å². The number of nitrogens with zero attached hydrogens (tertiary/aromatic N) is 3. The summed E-state index contributed by atoms with van der Waals surface area (Å²) < 4.78 is 2.25. The second-order valence-electron chi connectivity index (χ2n) is 6.80. The lowest BCUT2D eigenvalue weighted by atomic mass is 9.97. The molecule has 0 bridgehead atoms. The molecule has 3 aromatic rings. The molecule has 1 aliphatic heterocycles. The number of pyridine rings is 1. The van der Waals surface area contributed by atoms with Crippen LogP contribution < -0.4 is 5.56 Å². The van der Waals surface area contributed by atoms with Gasteiger partial charge in [0.2, 0.25) is 0 Å². The Morgan fingerprint density at radius 2 is 2.25 bits per heavy atom. The molecular formula is C19H22N4O. The average Bonchev–Trinajstić information content (AvgIpc) is 3.02. The van der Waals surface area contributed by atoms with Crippen LogP contribution in [-0.4, -0.2) is 33.0 Å². The predicted molar refractivity (Wildman–Crippen MR) is 94.9 cm³/mol. The third-order valence-electron chi connectivity index (χ3n) is 4.87. The topological polar surface area (TPSA) is 53.9 Å². The van der Waals surface area contributed by atoms with Gasteiger partial charge in [0.1, 0.15) is 5.82 Å². The zero-order valence-corrected chi connectivity index (χ0v) is 13.9. The van der Waals surface area contributed by atoms with E-state index in [0.717, 1.165) is 42.5 Å². The molecule has 2 aromatic heterocycles. The molecule has 0 saturated carbocycles. The lowest BCUT2D eigenvalue weighted by molar-refractivity contribution is 0.236. The molecule has 5 nitrogen and oxygen atoms in total. The fraction of sp³-hybridized carbons (Fsp3) is 0.368. The van der Waals surface area contributed by atoms with Crippen molar-refractivity contribution in [1.29, 1.82) is 0 Å². The average molecular weight is 322 g/mol. The summed E-state index contributed by atoms with van der Waals surface area (Å²) in [5, 5.41) is 1.76. The largest absolute Gasteiger partial charge is 0.335 e. The fourth-order valence-corrected chi connectivity index (χ4v) is 3.72. The Morgan fingerprint density at radius 1 is 1.38 bits per heavy atom. The van der Waals surface area contributed by atoms with Crippen LogP contribution in [0.4, 0.5) is 0 Å². The molecule has 1 N–H and O–H groups in total. The second kappa shape index (κ2) is 6.24. The Bertz CT molecular complexity index is 911. The van der Waals surface area contributed by atoms with Crippen LogP contribution in [0.5, 0.6) is 0 Å². The first-order valence-corrected chi connectivity index (χ1v) is 8.48. The van der Waals surface area contributed by atoms with Gasteiger partial charge in [-0.3, -0.25) is 4.79 Å². The summed E-state index contributed by atoms with van der Waals surface area (Å²) in [6, 6.07) is 9.82. The number of aromatic amines is 1. The maximum Gasteiger partial charge on any atom is 0.256 e. The van der Waals surface area contributed by atoms with Crippen LogP contribution in [0.2, 0.25) is 0 Å². The van der Waals surface area contributed by atoms with Gasteiger partial charge in [-0.05, 0) is 36.9 Å². The third-order valence-corrected chi connectivity index (χ3v) is 4.87. The van der Waals surface area contributed by atoms with Crippen LogP contribution in [0, 0.1) is 5.92 Å². The molecule has 4 rings (SSSR count). The highest BCUT2D eigenvalue weighted by atomic mass is 16.1. The molecule has 1 unspecified atom stereocenters. The van der Waals surface area contributed by atoms with Crippen molar-refractivity contribution >= 4 is 10.8 Å². The van der Waals surface area contributed by atoms with E-state index in [1.165, 1.54) is 12.2 Å². The first kappa shape index (κ1) is 15.1. The van der Waals surface area contributed by atoms with Gasteiger partial charge in [0.15, 0.2) is 0 Å². The smallest absolute Gasteiger partial charge is 0.256 e. The summed E-state index contributed by atoms with van der Waals surface area (Å²) in [6.45, 7) is 2.83. The Kier molecular flexibility index (Phi) is 3.94. The molecule has 0 fully saturated rings. The number of aryl methyl sites for hydroxylation is 1. The summed E-state index contributed by atoms with van der Waals surface area (Å²) >= 11 is 0. The standard InChI is InChI=1S/C19H22N4O/c1-22(12-14-6-8-23-9-7-20-18(23)10-14)13-16-11-15-4-2-3-5-17(15)19(24)21-16/h2-5,7,9,11,14H,6,8,10,12-13H2,1H3,(H,21,24). The van der Waals surface area contributed by atoms with Gasteiger partial charge in [0.25, 0.3) is 5.56 Å². The number of H-pyrrole nitrogens is 1. The minimum Gasteiger partial charge on any atom is -0.335 e. The predicted octanol–water partition coefficient (Wildman–Crippen LogP) is 2.42. The molecule has 0 amide bonds. The van der Waals surface area contributed by atoms with Gasteiger partial charge in [-0.15, -0.1) is 0 Å². The Labute approximate surface area is 140 Å². The molecule has 0 radical (unpaired) electrons. The molecular weight excluding hydrogens is 300 g/mol. The summed E-state index contributed by atoms with van der Waals surface area (Å²) in [7, 11) is 2.12. The molecule has 5 heteroatoms. The molecule has 0 spiro atoms. The summed E-state index contributed by atoms with van der Waals surface area (Å²) in [5.41, 5.74) is 0.967. The first-order valence-electron chi connectivity index (χ1n) is 8.48. The highest BCUT2D eigenvalue weighted by Gasteiger charge is 2.20. The third kappa shape index (κ3) is 2.99. The number of benzene rings is 1. The van der Waals surface area contributed by atoms with E-state index in [4.69, 9.17) is 0 Å². The fourth-order valence-electron chi connectivity index (χ4n) is 3.72. The molecule has 1 aromatic carbocycles. The molecule has 24 heavy (non-hydrogen) atoms. The summed E-state index contributed by atoms with van der Waals surface area (Å²) in [5.74, 6) is 1.82. The number of nitrogens with one attached hydrogen (secondary N) is 1. The van der Waals surface area contributed by atoms with Crippen LogP contribution in [0.15, 0.2) is 47.5 Å². The van der Waals surface area contributed by atoms with Gasteiger partial charge >= 0.3 is 0 Å². The number of rotatable bonds is 4. The number of fused-ring (bicyclic) bond motifs is 2. The van der Waals surface area contributed by atoms with Gasteiger partial charge in [-0.25, -0.2) is 4.98 Å². The van der Waals surface area contributed by atoms with Crippen molar-refractivity contribution in [2.75, 3.05) is 13.6 Å². The van der Waals surface area contributed by atoms with Crippen molar-refractivity contribution in [3.63, 3.8) is 0 Å². The minimum atomic E-state index is -0.00352. The zero-order valence-electron chi connectivity index (χ0n) is 13.9. The van der Waals surface area contributed by atoms with Crippen molar-refractivity contribution in [2.24, 2.45) is 5.92 Å². The molecule has 124 valence electrons. The number of aromatic nitrogens is 3. The first-order chi connectivity index (χ1) is 11.7. The summed E-state index contributed by atoms with van der Waals surface area (Å²) in [6.07, 6.45) is 6.17. The molecule has 0 saturated heterocycles. The quantitative estimate of drug-likeness (QED) is 0.802. The van der Waals surface area contributed by atoms with Gasteiger partial charge in [-0.1, -0.05) is 18.2 Å². The Hall–Kier alpha value is -2.40. The van der Waals surface area contributed by atoms with E-state index in [1.54, 1.807) is 0 Å². The van der Waals surface area contributed by atoms with Gasteiger partial charge < -0.3 is 14.5 Å². The van der Waals surface area contributed by atoms with E-state index in [-0.39, 0.29) is 5.56 Å². The molecule has 3 heterocycles. The van der Waals surface area contributed by atoms with E-state index < -0.39 is 0 Å². The Balaban J connectivity index is 1.45. The number of hydrogen-bond donors (Lipinski definition) is 1. The van der Waals surface area contributed by atoms with E-state index >= 15 is 0 Å². The lowest BCUT2D eigenvalue weighted by Crippen LogP contribution is -2.31. The van der Waals surface area contributed by atoms with Crippen LogP contribution in [0.25, 0.3) is 10.8 Å². The molecule has 1 aliphatic rings. The van der Waals surface area contributed by atoms with E-state index in [2.05, 4.69) is 38.7 Å². The van der Waals surface area contributed by atoms with Crippen LogP contribution >= 0.6 is 0 Å². The van der Waals surface area contributed by atoms with E-state index in [1.807, 2.05) is 30.5 Å². The minimum absolute atomic E-state index is 0.00352. The SMILES string of the molecule is CN(Cc1cc2ccccc2c(=O)[nH]1)CC1CCn2ccnc2C1. The van der Waals surface area contributed by atoms with Crippen molar-refractivity contribution in [3.05, 3.63) is 64.6 Å². The zero-order chi connectivity index (χ0) is 16.5. The van der Waals surface area contributed by atoms with E-state index in [0.29, 0.717) is 5.92 Å². The monoisotopic (exact) mass is 322 g/mol. The van der Waals surface area contributed by atoms with Gasteiger partial charge in [-0.2, -0.15) is 0 Å². The molecule has 0 aliphatic carbocycles.